The molecule has 0 fully saturated rings. The summed E-state index contributed by atoms with van der Waals surface area (Å²) in [4.78, 5) is 0. The first-order valence-electron chi connectivity index (χ1n) is 5.58. The van der Waals surface area contributed by atoms with Crippen LogP contribution in [0, 0.1) is 0 Å². The number of unbranched alkanes of at least 4 members (excludes halogenated alkanes) is 2. The number of hydrogen-bond donors (Lipinski definition) is 1. The van der Waals surface area contributed by atoms with Crippen molar-refractivity contribution in [3.63, 3.8) is 0 Å². The van der Waals surface area contributed by atoms with Crippen molar-refractivity contribution in [2.24, 2.45) is 5.73 Å². The van der Waals surface area contributed by atoms with Gasteiger partial charge in [-0.15, -0.1) is 0 Å². The average Bonchev–Trinajstić information content (AvgIpc) is 2.16. The molecule has 0 aliphatic carbocycles. The van der Waals surface area contributed by atoms with Crippen LogP contribution in [0.15, 0.2) is 0 Å². The summed E-state index contributed by atoms with van der Waals surface area (Å²) in [7, 11) is 0. The van der Waals surface area contributed by atoms with Crippen molar-refractivity contribution in [2.75, 3.05) is 0 Å². The summed E-state index contributed by atoms with van der Waals surface area (Å²) >= 11 is 6.70. The molecule has 0 aromatic rings. The Hall–Kier alpha value is 0.240. The predicted molar refractivity (Wildman–Crippen MR) is 71.8 cm³/mol. The molecule has 1 nitrogen and oxygen atoms in total. The maximum Gasteiger partial charge on any atom is 0.131 e. The Morgan fingerprint density at radius 2 is 1.79 bits per heavy atom. The van der Waals surface area contributed by atoms with Crippen molar-refractivity contribution in [3.8, 4) is 0 Å². The third-order valence-corrected chi connectivity index (χ3v) is 4.51. The smallest absolute Gasteiger partial charge is 0.131 e. The van der Waals surface area contributed by atoms with Gasteiger partial charge >= 0.3 is 0 Å². The van der Waals surface area contributed by atoms with Crippen LogP contribution in [-0.2, 0) is 0 Å². The lowest BCUT2D eigenvalue weighted by Crippen LogP contribution is -2.26. The standard InChI is InChI=1S/C11H23NS2/c1-4-7-8-9-11(5-2,6-3)14-10(12)13/h4-9H2,1-3H3,(H2,12,13). The molecular weight excluding hydrogens is 210 g/mol. The Labute approximate surface area is 98.2 Å². The van der Waals surface area contributed by atoms with Gasteiger partial charge in [0.15, 0.2) is 0 Å². The van der Waals surface area contributed by atoms with E-state index in [-0.39, 0.29) is 0 Å². The molecule has 0 amide bonds. The first-order chi connectivity index (χ1) is 6.60. The lowest BCUT2D eigenvalue weighted by Gasteiger charge is -2.30. The summed E-state index contributed by atoms with van der Waals surface area (Å²) in [5.74, 6) is 0. The summed E-state index contributed by atoms with van der Waals surface area (Å²) in [6.07, 6.45) is 7.47. The van der Waals surface area contributed by atoms with E-state index < -0.39 is 0 Å². The Bertz CT molecular complexity index is 165. The van der Waals surface area contributed by atoms with Gasteiger partial charge in [0.1, 0.15) is 4.32 Å². The number of thiocarbonyl (C=S) groups is 1. The summed E-state index contributed by atoms with van der Waals surface area (Å²) < 4.78 is 0.909. The van der Waals surface area contributed by atoms with Crippen molar-refractivity contribution in [1.82, 2.24) is 0 Å². The maximum atomic E-state index is 5.63. The molecule has 0 saturated carbocycles. The molecule has 84 valence electrons. The van der Waals surface area contributed by atoms with Crippen molar-refractivity contribution < 1.29 is 0 Å². The highest BCUT2D eigenvalue weighted by atomic mass is 32.2. The maximum absolute atomic E-state index is 5.63. The lowest BCUT2D eigenvalue weighted by molar-refractivity contribution is 0.480. The Morgan fingerprint density at radius 1 is 1.21 bits per heavy atom. The average molecular weight is 233 g/mol. The second-order valence-corrected chi connectivity index (χ2v) is 5.98. The monoisotopic (exact) mass is 233 g/mol. The number of nitrogens with two attached hydrogens (primary N) is 1. The third kappa shape index (κ3) is 5.20. The highest BCUT2D eigenvalue weighted by molar-refractivity contribution is 8.23. The minimum atomic E-state index is 0.307. The van der Waals surface area contributed by atoms with Gasteiger partial charge in [0.2, 0.25) is 0 Å². The fraction of sp³-hybridized carbons (Fsp3) is 0.909. The van der Waals surface area contributed by atoms with Crippen LogP contribution in [-0.4, -0.2) is 9.07 Å². The van der Waals surface area contributed by atoms with Crippen LogP contribution < -0.4 is 5.73 Å². The molecule has 2 N–H and O–H groups in total. The molecule has 0 aliphatic heterocycles. The van der Waals surface area contributed by atoms with Gasteiger partial charge in [0.05, 0.1) is 0 Å². The Kier molecular flexibility index (Phi) is 7.65. The van der Waals surface area contributed by atoms with E-state index in [2.05, 4.69) is 20.8 Å². The second-order valence-electron chi connectivity index (χ2n) is 3.77. The van der Waals surface area contributed by atoms with Gasteiger partial charge in [0.25, 0.3) is 0 Å². The van der Waals surface area contributed by atoms with Crippen LogP contribution in [0.5, 0.6) is 0 Å². The summed E-state index contributed by atoms with van der Waals surface area (Å²) in [5.41, 5.74) is 5.63. The van der Waals surface area contributed by atoms with Gasteiger partial charge in [-0.1, -0.05) is 64.0 Å². The minimum Gasteiger partial charge on any atom is -0.385 e. The zero-order chi connectivity index (χ0) is 11.0. The summed E-state index contributed by atoms with van der Waals surface area (Å²) in [6.45, 7) is 6.71. The van der Waals surface area contributed by atoms with Crippen molar-refractivity contribution in [1.29, 1.82) is 0 Å². The molecule has 0 unspecified atom stereocenters. The van der Waals surface area contributed by atoms with E-state index >= 15 is 0 Å². The predicted octanol–water partition coefficient (Wildman–Crippen LogP) is 4.10. The normalized spacial score (nSPS) is 11.6. The van der Waals surface area contributed by atoms with Gasteiger partial charge in [-0.25, -0.2) is 0 Å². The topological polar surface area (TPSA) is 26.0 Å². The largest absolute Gasteiger partial charge is 0.385 e. The second kappa shape index (κ2) is 7.52. The van der Waals surface area contributed by atoms with E-state index in [9.17, 15) is 0 Å². The molecule has 0 radical (unpaired) electrons. The van der Waals surface area contributed by atoms with Crippen LogP contribution in [0.2, 0.25) is 0 Å². The molecule has 0 rings (SSSR count). The van der Waals surface area contributed by atoms with Gasteiger partial charge < -0.3 is 5.73 Å². The van der Waals surface area contributed by atoms with Gasteiger partial charge in [-0.2, -0.15) is 0 Å². The molecule has 0 heterocycles. The molecular formula is C11H23NS2. The first-order valence-corrected chi connectivity index (χ1v) is 6.81. The first kappa shape index (κ1) is 14.2. The fourth-order valence-corrected chi connectivity index (χ4v) is 3.20. The van der Waals surface area contributed by atoms with Crippen LogP contribution in [0.25, 0.3) is 0 Å². The molecule has 0 saturated heterocycles. The molecule has 0 aliphatic rings. The number of thioether (sulfide) groups is 1. The van der Waals surface area contributed by atoms with Crippen LogP contribution >= 0.6 is 24.0 Å². The van der Waals surface area contributed by atoms with E-state index in [1.165, 1.54) is 25.7 Å². The number of rotatable bonds is 7. The van der Waals surface area contributed by atoms with Gasteiger partial charge in [-0.3, -0.25) is 0 Å². The summed E-state index contributed by atoms with van der Waals surface area (Å²) in [6, 6.07) is 0. The van der Waals surface area contributed by atoms with Crippen molar-refractivity contribution in [3.05, 3.63) is 0 Å². The van der Waals surface area contributed by atoms with E-state index in [0.29, 0.717) is 9.07 Å². The molecule has 0 atom stereocenters. The zero-order valence-electron chi connectivity index (χ0n) is 9.64. The molecule has 0 spiro atoms. The lowest BCUT2D eigenvalue weighted by atomic mass is 9.95. The van der Waals surface area contributed by atoms with Crippen LogP contribution in [0.4, 0.5) is 0 Å². The highest BCUT2D eigenvalue weighted by Gasteiger charge is 2.27. The van der Waals surface area contributed by atoms with Crippen molar-refractivity contribution in [2.45, 2.75) is 64.0 Å². The molecule has 0 aromatic carbocycles. The van der Waals surface area contributed by atoms with Crippen LogP contribution in [0.1, 0.15) is 59.3 Å². The quantitative estimate of drug-likeness (QED) is 0.529. The highest BCUT2D eigenvalue weighted by Crippen LogP contribution is 2.37. The van der Waals surface area contributed by atoms with Gasteiger partial charge in [-0.05, 0) is 19.3 Å². The fourth-order valence-electron chi connectivity index (χ4n) is 1.71. The SMILES string of the molecule is CCCCCC(CC)(CC)SC(N)=S. The van der Waals surface area contributed by atoms with Gasteiger partial charge in [0, 0.05) is 4.75 Å². The Balaban J connectivity index is 4.14. The van der Waals surface area contributed by atoms with Crippen molar-refractivity contribution >= 4 is 28.3 Å². The minimum absolute atomic E-state index is 0.307. The zero-order valence-corrected chi connectivity index (χ0v) is 11.3. The molecule has 0 aromatic heterocycles. The molecule has 0 bridgehead atoms. The van der Waals surface area contributed by atoms with E-state index in [1.807, 2.05) is 0 Å². The molecule has 14 heavy (non-hydrogen) atoms. The van der Waals surface area contributed by atoms with E-state index in [4.69, 9.17) is 18.0 Å². The third-order valence-electron chi connectivity index (χ3n) is 2.84. The number of hydrogen-bond acceptors (Lipinski definition) is 2. The molecule has 3 heteroatoms. The van der Waals surface area contributed by atoms with Crippen LogP contribution in [0.3, 0.4) is 0 Å². The summed E-state index contributed by atoms with van der Waals surface area (Å²) in [5, 5.41) is 0. The Morgan fingerprint density at radius 3 is 2.14 bits per heavy atom. The van der Waals surface area contributed by atoms with E-state index in [1.54, 1.807) is 11.8 Å². The van der Waals surface area contributed by atoms with E-state index in [0.717, 1.165) is 12.8 Å².